The van der Waals surface area contributed by atoms with E-state index >= 15 is 0 Å². The van der Waals surface area contributed by atoms with Crippen molar-refractivity contribution in [3.8, 4) is 0 Å². The second-order valence-electron chi connectivity index (χ2n) is 5.34. The number of halogens is 1. The number of urea groups is 1. The molecule has 22 heavy (non-hydrogen) atoms. The van der Waals surface area contributed by atoms with Crippen molar-refractivity contribution in [3.63, 3.8) is 0 Å². The summed E-state index contributed by atoms with van der Waals surface area (Å²) >= 11 is 0. The molecule has 0 saturated carbocycles. The Labute approximate surface area is 128 Å². The predicted octanol–water partition coefficient (Wildman–Crippen LogP) is 1.52. The molecule has 1 aromatic rings. The Morgan fingerprint density at radius 1 is 1.41 bits per heavy atom. The number of carboxylic acids is 1. The molecule has 7 heteroatoms. The second kappa shape index (κ2) is 7.11. The van der Waals surface area contributed by atoms with Gasteiger partial charge in [0.05, 0.1) is 6.42 Å². The van der Waals surface area contributed by atoms with E-state index in [1.54, 1.807) is 11.0 Å². The van der Waals surface area contributed by atoms with Gasteiger partial charge in [-0.25, -0.2) is 9.18 Å². The van der Waals surface area contributed by atoms with Crippen LogP contribution in [0.3, 0.4) is 0 Å². The lowest BCUT2D eigenvalue weighted by Gasteiger charge is -2.40. The van der Waals surface area contributed by atoms with Crippen LogP contribution in [0.25, 0.3) is 0 Å². The van der Waals surface area contributed by atoms with Crippen molar-refractivity contribution in [2.45, 2.75) is 19.4 Å². The lowest BCUT2D eigenvalue weighted by Crippen LogP contribution is -2.56. The fourth-order valence-corrected chi connectivity index (χ4v) is 2.54. The summed E-state index contributed by atoms with van der Waals surface area (Å²) in [6.45, 7) is 3.76. The topological polar surface area (TPSA) is 72.9 Å². The van der Waals surface area contributed by atoms with Crippen molar-refractivity contribution < 1.29 is 19.1 Å². The minimum absolute atomic E-state index is 0.0400. The second-order valence-corrected chi connectivity index (χ2v) is 5.34. The molecule has 0 bridgehead atoms. The largest absolute Gasteiger partial charge is 0.481 e. The van der Waals surface area contributed by atoms with Crippen LogP contribution in [0.5, 0.6) is 0 Å². The number of piperazine rings is 1. The smallest absolute Gasteiger partial charge is 0.317 e. The maximum absolute atomic E-state index is 13.3. The van der Waals surface area contributed by atoms with E-state index in [1.165, 1.54) is 12.1 Å². The van der Waals surface area contributed by atoms with E-state index in [9.17, 15) is 14.0 Å². The number of rotatable bonds is 4. The van der Waals surface area contributed by atoms with E-state index in [-0.39, 0.29) is 30.9 Å². The van der Waals surface area contributed by atoms with Crippen molar-refractivity contribution in [3.05, 3.63) is 30.1 Å². The third-order valence-corrected chi connectivity index (χ3v) is 3.68. The molecule has 1 saturated heterocycles. The first-order valence-electron chi connectivity index (χ1n) is 7.24. The lowest BCUT2D eigenvalue weighted by atomic mass is 10.1. The lowest BCUT2D eigenvalue weighted by molar-refractivity contribution is -0.136. The van der Waals surface area contributed by atoms with Crippen molar-refractivity contribution >= 4 is 17.7 Å². The molecular weight excluding hydrogens is 289 g/mol. The molecule has 0 aromatic heterocycles. The first-order chi connectivity index (χ1) is 10.5. The average Bonchev–Trinajstić information content (AvgIpc) is 2.46. The quantitative estimate of drug-likeness (QED) is 0.884. The number of carbonyl (C=O) groups is 2. The van der Waals surface area contributed by atoms with Crippen LogP contribution >= 0.6 is 0 Å². The highest BCUT2D eigenvalue weighted by atomic mass is 19.1. The van der Waals surface area contributed by atoms with Gasteiger partial charge in [-0.15, -0.1) is 0 Å². The van der Waals surface area contributed by atoms with E-state index < -0.39 is 5.97 Å². The Hall–Kier alpha value is -2.31. The summed E-state index contributed by atoms with van der Waals surface area (Å²) in [4.78, 5) is 26.2. The molecule has 6 nitrogen and oxygen atoms in total. The molecule has 1 aromatic carbocycles. The normalized spacial score (nSPS) is 18.2. The van der Waals surface area contributed by atoms with Gasteiger partial charge in [-0.2, -0.15) is 0 Å². The van der Waals surface area contributed by atoms with E-state index in [0.29, 0.717) is 19.6 Å². The van der Waals surface area contributed by atoms with Crippen LogP contribution in [0.4, 0.5) is 14.9 Å². The SMILES string of the molecule is CC1CN(c2cccc(F)c2)CCN1C(=O)NCCC(=O)O. The predicted molar refractivity (Wildman–Crippen MR) is 80.4 cm³/mol. The highest BCUT2D eigenvalue weighted by Gasteiger charge is 2.27. The number of anilines is 1. The van der Waals surface area contributed by atoms with E-state index in [2.05, 4.69) is 5.32 Å². The van der Waals surface area contributed by atoms with E-state index in [1.807, 2.05) is 17.9 Å². The fourth-order valence-electron chi connectivity index (χ4n) is 2.54. The molecule has 1 fully saturated rings. The summed E-state index contributed by atoms with van der Waals surface area (Å²) < 4.78 is 13.3. The van der Waals surface area contributed by atoms with Gasteiger partial charge in [0.2, 0.25) is 0 Å². The molecule has 1 atom stereocenters. The minimum atomic E-state index is -0.940. The third kappa shape index (κ3) is 4.09. The van der Waals surface area contributed by atoms with Crippen molar-refractivity contribution in [2.24, 2.45) is 0 Å². The summed E-state index contributed by atoms with van der Waals surface area (Å²) in [5.74, 6) is -1.22. The third-order valence-electron chi connectivity index (χ3n) is 3.68. The average molecular weight is 309 g/mol. The standard InChI is InChI=1S/C15H20FN3O3/c1-11-10-18(13-4-2-3-12(16)9-13)7-8-19(11)15(22)17-6-5-14(20)21/h2-4,9,11H,5-8,10H2,1H3,(H,17,22)(H,20,21). The van der Waals surface area contributed by atoms with Gasteiger partial charge in [-0.1, -0.05) is 6.07 Å². The molecule has 0 aliphatic carbocycles. The fraction of sp³-hybridized carbons (Fsp3) is 0.467. The molecule has 1 unspecified atom stereocenters. The highest BCUT2D eigenvalue weighted by Crippen LogP contribution is 2.20. The Kier molecular flexibility index (Phi) is 5.19. The Morgan fingerprint density at radius 3 is 2.82 bits per heavy atom. The summed E-state index contributed by atoms with van der Waals surface area (Å²) in [6, 6.07) is 6.10. The van der Waals surface area contributed by atoms with Gasteiger partial charge >= 0.3 is 12.0 Å². The zero-order chi connectivity index (χ0) is 16.1. The van der Waals surface area contributed by atoms with Crippen LogP contribution in [-0.4, -0.2) is 54.2 Å². The molecule has 2 rings (SSSR count). The van der Waals surface area contributed by atoms with Crippen LogP contribution in [0, 0.1) is 5.82 Å². The van der Waals surface area contributed by atoms with Gasteiger partial charge in [-0.05, 0) is 25.1 Å². The molecule has 1 heterocycles. The molecule has 1 aliphatic heterocycles. The highest BCUT2D eigenvalue weighted by molar-refractivity contribution is 5.76. The van der Waals surface area contributed by atoms with Gasteiger partial charge in [0.25, 0.3) is 0 Å². The van der Waals surface area contributed by atoms with Crippen LogP contribution in [0.1, 0.15) is 13.3 Å². The molecule has 120 valence electrons. The number of hydrogen-bond donors (Lipinski definition) is 2. The molecule has 2 amide bonds. The van der Waals surface area contributed by atoms with Crippen molar-refractivity contribution in [1.29, 1.82) is 0 Å². The summed E-state index contributed by atoms with van der Waals surface area (Å²) in [7, 11) is 0. The van der Waals surface area contributed by atoms with E-state index in [4.69, 9.17) is 5.11 Å². The number of nitrogens with one attached hydrogen (secondary N) is 1. The van der Waals surface area contributed by atoms with Gasteiger partial charge in [0.1, 0.15) is 5.82 Å². The van der Waals surface area contributed by atoms with Gasteiger partial charge in [0, 0.05) is 37.9 Å². The zero-order valence-electron chi connectivity index (χ0n) is 12.5. The van der Waals surface area contributed by atoms with Crippen LogP contribution in [0.2, 0.25) is 0 Å². The van der Waals surface area contributed by atoms with Crippen LogP contribution < -0.4 is 10.2 Å². The van der Waals surface area contributed by atoms with Crippen LogP contribution in [-0.2, 0) is 4.79 Å². The number of nitrogens with zero attached hydrogens (tertiary/aromatic N) is 2. The monoisotopic (exact) mass is 309 g/mol. The Morgan fingerprint density at radius 2 is 2.18 bits per heavy atom. The maximum atomic E-state index is 13.3. The molecule has 1 aliphatic rings. The van der Waals surface area contributed by atoms with Gasteiger partial charge in [0.15, 0.2) is 0 Å². The number of amides is 2. The number of aliphatic carboxylic acids is 1. The summed E-state index contributed by atoms with van der Waals surface area (Å²) in [6.07, 6.45) is -0.0939. The zero-order valence-corrected chi connectivity index (χ0v) is 12.5. The summed E-state index contributed by atoms with van der Waals surface area (Å²) in [5, 5.41) is 11.2. The Balaban J connectivity index is 1.89. The number of hydrogen-bond acceptors (Lipinski definition) is 3. The van der Waals surface area contributed by atoms with Crippen molar-refractivity contribution in [1.82, 2.24) is 10.2 Å². The first-order valence-corrected chi connectivity index (χ1v) is 7.24. The van der Waals surface area contributed by atoms with Crippen LogP contribution in [0.15, 0.2) is 24.3 Å². The van der Waals surface area contributed by atoms with Gasteiger partial charge in [-0.3, -0.25) is 4.79 Å². The number of carboxylic acid groups (broad SMARTS) is 1. The summed E-state index contributed by atoms with van der Waals surface area (Å²) in [5.41, 5.74) is 0.804. The number of carbonyl (C=O) groups excluding carboxylic acids is 1. The van der Waals surface area contributed by atoms with E-state index in [0.717, 1.165) is 5.69 Å². The first kappa shape index (κ1) is 16.1. The molecule has 2 N–H and O–H groups in total. The minimum Gasteiger partial charge on any atom is -0.481 e. The molecule has 0 spiro atoms. The molecule has 0 radical (unpaired) electrons. The van der Waals surface area contributed by atoms with Gasteiger partial charge < -0.3 is 20.2 Å². The maximum Gasteiger partial charge on any atom is 0.317 e. The molecular formula is C15H20FN3O3. The Bertz CT molecular complexity index is 553. The number of benzene rings is 1. The van der Waals surface area contributed by atoms with Crippen molar-refractivity contribution in [2.75, 3.05) is 31.1 Å².